The molecule has 0 radical (unpaired) electrons. The number of unbranched alkanes of at least 4 members (excludes halogenated alkanes) is 1. The number of aryl methyl sites for hydroxylation is 4. The molecule has 7 nitrogen and oxygen atoms in total. The minimum absolute atomic E-state index is 0.0977. The molecule has 3 rings (SSSR count). The van der Waals surface area contributed by atoms with Gasteiger partial charge < -0.3 is 10.2 Å². The highest BCUT2D eigenvalue weighted by atomic mass is 32.2. The number of amides is 2. The Balaban J connectivity index is 2.03. The van der Waals surface area contributed by atoms with Crippen molar-refractivity contribution in [2.24, 2.45) is 0 Å². The van der Waals surface area contributed by atoms with Crippen molar-refractivity contribution in [3.63, 3.8) is 0 Å². The molecule has 40 heavy (non-hydrogen) atoms. The molecule has 3 aromatic rings. The molecule has 0 fully saturated rings. The maximum absolute atomic E-state index is 14.0. The molecule has 0 unspecified atom stereocenters. The zero-order valence-electron chi connectivity index (χ0n) is 24.4. The number of rotatable bonds is 12. The van der Waals surface area contributed by atoms with E-state index in [2.05, 4.69) is 5.32 Å². The summed E-state index contributed by atoms with van der Waals surface area (Å²) in [6.45, 7) is 11.6. The van der Waals surface area contributed by atoms with E-state index >= 15 is 0 Å². The smallest absolute Gasteiger partial charge is 0.264 e. The number of nitrogens with one attached hydrogen (secondary N) is 1. The first kappa shape index (κ1) is 30.9. The number of hydrogen-bond donors (Lipinski definition) is 1. The molecule has 0 bridgehead atoms. The number of sulfonamides is 1. The molecule has 0 heterocycles. The summed E-state index contributed by atoms with van der Waals surface area (Å²) in [6, 6.07) is 19.0. The number of benzene rings is 3. The van der Waals surface area contributed by atoms with Crippen LogP contribution in [0.25, 0.3) is 0 Å². The summed E-state index contributed by atoms with van der Waals surface area (Å²) in [5, 5.41) is 2.91. The third-order valence-corrected chi connectivity index (χ3v) is 8.64. The Morgan fingerprint density at radius 1 is 0.825 bits per heavy atom. The molecule has 3 aromatic carbocycles. The second-order valence-electron chi connectivity index (χ2n) is 10.5. The van der Waals surface area contributed by atoms with Gasteiger partial charge in [-0.1, -0.05) is 66.9 Å². The predicted octanol–water partition coefficient (Wildman–Crippen LogP) is 5.45. The fraction of sp³-hybridized carbons (Fsp3) is 0.375. The Morgan fingerprint density at radius 3 is 1.93 bits per heavy atom. The Hall–Kier alpha value is -3.65. The van der Waals surface area contributed by atoms with Gasteiger partial charge in [-0.25, -0.2) is 8.42 Å². The van der Waals surface area contributed by atoms with Crippen LogP contribution < -0.4 is 9.62 Å². The lowest BCUT2D eigenvalue weighted by Crippen LogP contribution is -2.51. The highest BCUT2D eigenvalue weighted by Gasteiger charge is 2.32. The maximum atomic E-state index is 14.0. The summed E-state index contributed by atoms with van der Waals surface area (Å²) in [7, 11) is -4.09. The van der Waals surface area contributed by atoms with Crippen molar-refractivity contribution in [2.75, 3.05) is 17.4 Å². The van der Waals surface area contributed by atoms with Crippen LogP contribution >= 0.6 is 0 Å². The number of anilines is 1. The van der Waals surface area contributed by atoms with Crippen molar-refractivity contribution in [3.8, 4) is 0 Å². The first-order chi connectivity index (χ1) is 18.9. The third kappa shape index (κ3) is 7.94. The van der Waals surface area contributed by atoms with E-state index in [0.717, 1.165) is 45.0 Å². The van der Waals surface area contributed by atoms with E-state index < -0.39 is 28.5 Å². The van der Waals surface area contributed by atoms with Crippen molar-refractivity contribution in [1.29, 1.82) is 0 Å². The van der Waals surface area contributed by atoms with Crippen molar-refractivity contribution < 1.29 is 18.0 Å². The van der Waals surface area contributed by atoms with Gasteiger partial charge in [0.25, 0.3) is 10.0 Å². The molecule has 214 valence electrons. The van der Waals surface area contributed by atoms with E-state index in [9.17, 15) is 18.0 Å². The molecule has 1 N–H and O–H groups in total. The van der Waals surface area contributed by atoms with Crippen LogP contribution in [0.2, 0.25) is 0 Å². The first-order valence-electron chi connectivity index (χ1n) is 13.7. The molecule has 0 saturated heterocycles. The van der Waals surface area contributed by atoms with Crippen LogP contribution in [-0.2, 0) is 26.2 Å². The molecule has 2 amide bonds. The van der Waals surface area contributed by atoms with Crippen LogP contribution in [0.1, 0.15) is 54.5 Å². The van der Waals surface area contributed by atoms with Crippen molar-refractivity contribution in [3.05, 3.63) is 94.5 Å². The van der Waals surface area contributed by atoms with Gasteiger partial charge in [0, 0.05) is 13.1 Å². The lowest BCUT2D eigenvalue weighted by atomic mass is 10.1. The van der Waals surface area contributed by atoms with E-state index in [1.807, 2.05) is 65.0 Å². The fourth-order valence-electron chi connectivity index (χ4n) is 4.47. The molecule has 0 saturated carbocycles. The zero-order valence-corrected chi connectivity index (χ0v) is 25.2. The van der Waals surface area contributed by atoms with Gasteiger partial charge in [-0.2, -0.15) is 0 Å². The lowest BCUT2D eigenvalue weighted by molar-refractivity contribution is -0.139. The quantitative estimate of drug-likeness (QED) is 0.297. The average Bonchev–Trinajstić information content (AvgIpc) is 2.90. The van der Waals surface area contributed by atoms with Crippen molar-refractivity contribution >= 4 is 27.5 Å². The van der Waals surface area contributed by atoms with Gasteiger partial charge >= 0.3 is 0 Å². The molecule has 0 aromatic heterocycles. The largest absolute Gasteiger partial charge is 0.354 e. The van der Waals surface area contributed by atoms with Gasteiger partial charge in [0.2, 0.25) is 11.8 Å². The second kappa shape index (κ2) is 13.6. The summed E-state index contributed by atoms with van der Waals surface area (Å²) < 4.78 is 29.1. The lowest BCUT2D eigenvalue weighted by Gasteiger charge is -2.32. The summed E-state index contributed by atoms with van der Waals surface area (Å²) in [4.78, 5) is 28.6. The topological polar surface area (TPSA) is 86.8 Å². The highest BCUT2D eigenvalue weighted by Crippen LogP contribution is 2.27. The summed E-state index contributed by atoms with van der Waals surface area (Å²) in [6.07, 6.45) is 1.77. The zero-order chi connectivity index (χ0) is 29.4. The maximum Gasteiger partial charge on any atom is 0.264 e. The van der Waals surface area contributed by atoms with Gasteiger partial charge in [0.1, 0.15) is 12.6 Å². The van der Waals surface area contributed by atoms with E-state index in [0.29, 0.717) is 12.2 Å². The first-order valence-corrected chi connectivity index (χ1v) is 15.2. The Labute approximate surface area is 239 Å². The van der Waals surface area contributed by atoms with E-state index in [4.69, 9.17) is 0 Å². The standard InChI is InChI=1S/C32H41N3O4S/c1-7-8-17-33-32(37)27(6)34(21-28-13-9-23(2)10-14-28)31(36)22-35(29-19-25(4)18-26(5)20-29)40(38,39)30-15-11-24(3)12-16-30/h9-16,18-20,27H,7-8,17,21-22H2,1-6H3,(H,33,37)/t27-/m1/s1. The number of hydrogen-bond acceptors (Lipinski definition) is 4. The summed E-state index contributed by atoms with van der Waals surface area (Å²) in [5.74, 6) is -0.734. The van der Waals surface area contributed by atoms with Crippen LogP contribution in [0.4, 0.5) is 5.69 Å². The van der Waals surface area contributed by atoms with Gasteiger partial charge in [-0.15, -0.1) is 0 Å². The van der Waals surface area contributed by atoms with Crippen LogP contribution in [0, 0.1) is 27.7 Å². The van der Waals surface area contributed by atoms with Crippen molar-refractivity contribution in [2.45, 2.75) is 71.9 Å². The SMILES string of the molecule is CCCCNC(=O)[C@@H](C)N(Cc1ccc(C)cc1)C(=O)CN(c1cc(C)cc(C)c1)S(=O)(=O)c1ccc(C)cc1. The number of carbonyl (C=O) groups excluding carboxylic acids is 2. The molecule has 0 aliphatic carbocycles. The summed E-state index contributed by atoms with van der Waals surface area (Å²) in [5.41, 5.74) is 5.03. The highest BCUT2D eigenvalue weighted by molar-refractivity contribution is 7.92. The van der Waals surface area contributed by atoms with Gasteiger partial charge in [0.05, 0.1) is 10.6 Å². The minimum Gasteiger partial charge on any atom is -0.354 e. The third-order valence-electron chi connectivity index (χ3n) is 6.85. The van der Waals surface area contributed by atoms with Crippen LogP contribution in [-0.4, -0.2) is 44.3 Å². The number of nitrogens with zero attached hydrogens (tertiary/aromatic N) is 2. The monoisotopic (exact) mass is 563 g/mol. The van der Waals surface area contributed by atoms with Gasteiger partial charge in [-0.3, -0.25) is 13.9 Å². The molecular weight excluding hydrogens is 522 g/mol. The van der Waals surface area contributed by atoms with Crippen LogP contribution in [0.5, 0.6) is 0 Å². The van der Waals surface area contributed by atoms with Crippen LogP contribution in [0.3, 0.4) is 0 Å². The Kier molecular flexibility index (Phi) is 10.5. The van der Waals surface area contributed by atoms with Gasteiger partial charge in [-0.05, 0) is 82.0 Å². The molecule has 1 atom stereocenters. The van der Waals surface area contributed by atoms with E-state index in [-0.39, 0.29) is 17.3 Å². The summed E-state index contributed by atoms with van der Waals surface area (Å²) >= 11 is 0. The molecule has 8 heteroatoms. The van der Waals surface area contributed by atoms with Gasteiger partial charge in [0.15, 0.2) is 0 Å². The fourth-order valence-corrected chi connectivity index (χ4v) is 5.87. The molecular formula is C32H41N3O4S. The minimum atomic E-state index is -4.09. The van der Waals surface area contributed by atoms with Crippen LogP contribution in [0.15, 0.2) is 71.6 Å². The van der Waals surface area contributed by atoms with Crippen molar-refractivity contribution in [1.82, 2.24) is 10.2 Å². The predicted molar refractivity (Wildman–Crippen MR) is 161 cm³/mol. The Bertz CT molecular complexity index is 1400. The number of carbonyl (C=O) groups is 2. The molecule has 0 aliphatic heterocycles. The average molecular weight is 564 g/mol. The molecule has 0 aliphatic rings. The molecule has 0 spiro atoms. The van der Waals surface area contributed by atoms with E-state index in [1.54, 1.807) is 43.3 Å². The normalized spacial score (nSPS) is 12.1. The van der Waals surface area contributed by atoms with E-state index in [1.165, 1.54) is 4.90 Å². The second-order valence-corrected chi connectivity index (χ2v) is 12.4. The Morgan fingerprint density at radius 2 is 1.38 bits per heavy atom.